The van der Waals surface area contributed by atoms with Gasteiger partial charge in [-0.1, -0.05) is 18.2 Å². The van der Waals surface area contributed by atoms with Crippen molar-refractivity contribution in [3.8, 4) is 0 Å². The van der Waals surface area contributed by atoms with E-state index in [9.17, 15) is 4.79 Å². The average molecular weight is 369 g/mol. The first-order valence-corrected chi connectivity index (χ1v) is 9.64. The Hall–Kier alpha value is -2.38. The molecular formula is C20H27N5O2. The van der Waals surface area contributed by atoms with E-state index in [0.717, 1.165) is 64.6 Å². The van der Waals surface area contributed by atoms with Crippen LogP contribution >= 0.6 is 0 Å². The number of para-hydroxylation sites is 1. The molecule has 4 rings (SSSR count). The maximum absolute atomic E-state index is 12.5. The molecule has 1 aromatic heterocycles. The second kappa shape index (κ2) is 8.10. The Balaban J connectivity index is 1.36. The van der Waals surface area contributed by atoms with Crippen LogP contribution in [0, 0.1) is 6.92 Å². The van der Waals surface area contributed by atoms with Gasteiger partial charge in [-0.25, -0.2) is 4.79 Å². The van der Waals surface area contributed by atoms with E-state index in [0.29, 0.717) is 0 Å². The highest BCUT2D eigenvalue weighted by Gasteiger charge is 2.24. The van der Waals surface area contributed by atoms with Gasteiger partial charge < -0.3 is 14.5 Å². The van der Waals surface area contributed by atoms with Gasteiger partial charge in [0.25, 0.3) is 0 Å². The Labute approximate surface area is 160 Å². The molecule has 0 radical (unpaired) electrons. The smallest absolute Gasteiger partial charge is 0.344 e. The van der Waals surface area contributed by atoms with E-state index in [-0.39, 0.29) is 6.03 Å². The number of carbonyl (C=O) groups excluding carboxylic acids is 1. The Bertz CT molecular complexity index is 776. The number of rotatable bonds is 3. The maximum Gasteiger partial charge on any atom is 0.344 e. The second-order valence-electron chi connectivity index (χ2n) is 7.24. The first-order valence-electron chi connectivity index (χ1n) is 9.64. The van der Waals surface area contributed by atoms with E-state index in [2.05, 4.69) is 39.2 Å². The van der Waals surface area contributed by atoms with Crippen molar-refractivity contribution in [3.05, 3.63) is 47.8 Å². The summed E-state index contributed by atoms with van der Waals surface area (Å²) in [5, 5.41) is 4.14. The van der Waals surface area contributed by atoms with Gasteiger partial charge in [0.05, 0.1) is 19.4 Å². The van der Waals surface area contributed by atoms with Crippen molar-refractivity contribution in [1.29, 1.82) is 0 Å². The zero-order chi connectivity index (χ0) is 18.6. The molecule has 1 aromatic carbocycles. The molecule has 2 aliphatic rings. The van der Waals surface area contributed by atoms with E-state index >= 15 is 0 Å². The lowest BCUT2D eigenvalue weighted by atomic mass is 10.1. The van der Waals surface area contributed by atoms with Gasteiger partial charge in [0.15, 0.2) is 0 Å². The van der Waals surface area contributed by atoms with Crippen LogP contribution in [0.5, 0.6) is 0 Å². The summed E-state index contributed by atoms with van der Waals surface area (Å²) in [4.78, 5) is 19.3. The fourth-order valence-electron chi connectivity index (χ4n) is 3.76. The van der Waals surface area contributed by atoms with Crippen molar-refractivity contribution in [2.75, 3.05) is 57.4 Å². The number of morpholine rings is 1. The molecule has 144 valence electrons. The van der Waals surface area contributed by atoms with Gasteiger partial charge in [-0.15, -0.1) is 0 Å². The van der Waals surface area contributed by atoms with Gasteiger partial charge in [-0.3, -0.25) is 4.90 Å². The Morgan fingerprint density at radius 3 is 2.52 bits per heavy atom. The van der Waals surface area contributed by atoms with Crippen molar-refractivity contribution < 1.29 is 9.53 Å². The van der Waals surface area contributed by atoms with Gasteiger partial charge in [-0.05, 0) is 24.1 Å². The predicted octanol–water partition coefficient (Wildman–Crippen LogP) is 1.81. The number of anilines is 1. The molecule has 3 heterocycles. The molecule has 0 bridgehead atoms. The van der Waals surface area contributed by atoms with Gasteiger partial charge in [0.2, 0.25) is 0 Å². The van der Waals surface area contributed by atoms with Crippen molar-refractivity contribution >= 4 is 11.7 Å². The first kappa shape index (κ1) is 18.0. The molecule has 0 N–H and O–H groups in total. The Morgan fingerprint density at radius 2 is 1.81 bits per heavy atom. The fraction of sp³-hybridized carbons (Fsp3) is 0.500. The predicted molar refractivity (Wildman–Crippen MR) is 104 cm³/mol. The highest BCUT2D eigenvalue weighted by molar-refractivity contribution is 5.76. The van der Waals surface area contributed by atoms with Gasteiger partial charge in [-0.2, -0.15) is 9.78 Å². The zero-order valence-corrected chi connectivity index (χ0v) is 15.9. The largest absolute Gasteiger partial charge is 0.378 e. The third-order valence-electron chi connectivity index (χ3n) is 5.29. The summed E-state index contributed by atoms with van der Waals surface area (Å²) in [6.07, 6.45) is 3.50. The number of aromatic nitrogens is 2. The minimum absolute atomic E-state index is 0.0310. The van der Waals surface area contributed by atoms with E-state index in [1.807, 2.05) is 11.8 Å². The zero-order valence-electron chi connectivity index (χ0n) is 15.9. The quantitative estimate of drug-likeness (QED) is 0.826. The molecule has 7 heteroatoms. The summed E-state index contributed by atoms with van der Waals surface area (Å²) in [7, 11) is 0. The van der Waals surface area contributed by atoms with Crippen LogP contribution in [0.2, 0.25) is 0 Å². The van der Waals surface area contributed by atoms with Crippen molar-refractivity contribution in [3.63, 3.8) is 0 Å². The monoisotopic (exact) mass is 369 g/mol. The minimum Gasteiger partial charge on any atom is -0.378 e. The first-order chi connectivity index (χ1) is 13.2. The number of hydrogen-bond acceptors (Lipinski definition) is 5. The van der Waals surface area contributed by atoms with E-state index < -0.39 is 0 Å². The third-order valence-corrected chi connectivity index (χ3v) is 5.29. The lowest BCUT2D eigenvalue weighted by molar-refractivity contribution is 0.122. The molecule has 2 fully saturated rings. The van der Waals surface area contributed by atoms with Gasteiger partial charge in [0, 0.05) is 57.7 Å². The molecule has 0 saturated carbocycles. The summed E-state index contributed by atoms with van der Waals surface area (Å²) >= 11 is 0. The van der Waals surface area contributed by atoms with Crippen LogP contribution in [-0.2, 0) is 11.3 Å². The van der Waals surface area contributed by atoms with Crippen molar-refractivity contribution in [1.82, 2.24) is 19.6 Å². The molecule has 0 unspecified atom stereocenters. The Kier molecular flexibility index (Phi) is 5.40. The molecule has 2 aliphatic heterocycles. The number of aryl methyl sites for hydroxylation is 1. The summed E-state index contributed by atoms with van der Waals surface area (Å²) in [5.74, 6) is 0. The summed E-state index contributed by atoms with van der Waals surface area (Å²) in [5.41, 5.74) is 3.66. The number of carbonyl (C=O) groups is 1. The van der Waals surface area contributed by atoms with Crippen LogP contribution < -0.4 is 4.90 Å². The number of hydrogen-bond donors (Lipinski definition) is 0. The highest BCUT2D eigenvalue weighted by Crippen LogP contribution is 2.23. The van der Waals surface area contributed by atoms with Crippen LogP contribution in [0.15, 0.2) is 36.7 Å². The minimum atomic E-state index is -0.0310. The summed E-state index contributed by atoms with van der Waals surface area (Å²) < 4.78 is 6.93. The second-order valence-corrected chi connectivity index (χ2v) is 7.24. The number of benzene rings is 1. The molecule has 7 nitrogen and oxygen atoms in total. The lowest BCUT2D eigenvalue weighted by Crippen LogP contribution is -2.49. The molecular weight excluding hydrogens is 342 g/mol. The SMILES string of the molecule is Cc1cnn(C(=O)N2CCN(Cc3ccccc3N3CCOCC3)CC2)c1. The maximum atomic E-state index is 12.5. The normalized spacial score (nSPS) is 18.7. The molecule has 0 atom stereocenters. The molecule has 2 saturated heterocycles. The van der Waals surface area contributed by atoms with Crippen LogP contribution in [0.3, 0.4) is 0 Å². The van der Waals surface area contributed by atoms with Gasteiger partial charge in [0.1, 0.15) is 0 Å². The topological polar surface area (TPSA) is 53.8 Å². The summed E-state index contributed by atoms with van der Waals surface area (Å²) in [6, 6.07) is 8.61. The summed E-state index contributed by atoms with van der Waals surface area (Å²) in [6.45, 7) is 9.56. The van der Waals surface area contributed by atoms with Crippen molar-refractivity contribution in [2.45, 2.75) is 13.5 Å². The van der Waals surface area contributed by atoms with Crippen LogP contribution in [0.25, 0.3) is 0 Å². The molecule has 27 heavy (non-hydrogen) atoms. The van der Waals surface area contributed by atoms with E-state index in [1.54, 1.807) is 12.4 Å². The average Bonchev–Trinajstić information content (AvgIpc) is 3.15. The molecule has 0 aliphatic carbocycles. The number of ether oxygens (including phenoxy) is 1. The van der Waals surface area contributed by atoms with E-state index in [1.165, 1.54) is 15.9 Å². The Morgan fingerprint density at radius 1 is 1.07 bits per heavy atom. The molecule has 1 amide bonds. The highest BCUT2D eigenvalue weighted by atomic mass is 16.5. The fourth-order valence-corrected chi connectivity index (χ4v) is 3.76. The lowest BCUT2D eigenvalue weighted by Gasteiger charge is -2.36. The number of amides is 1. The van der Waals surface area contributed by atoms with Crippen LogP contribution in [0.4, 0.5) is 10.5 Å². The number of nitrogens with zero attached hydrogens (tertiary/aromatic N) is 5. The third kappa shape index (κ3) is 4.14. The standard InChI is InChI=1S/C20H27N5O2/c1-17-14-21-25(15-17)20(26)24-8-6-22(7-9-24)16-18-4-2-3-5-19(18)23-10-12-27-13-11-23/h2-5,14-15H,6-13,16H2,1H3. The molecule has 0 spiro atoms. The van der Waals surface area contributed by atoms with Crippen LogP contribution in [-0.4, -0.2) is 78.1 Å². The number of piperazine rings is 1. The van der Waals surface area contributed by atoms with Crippen molar-refractivity contribution in [2.24, 2.45) is 0 Å². The van der Waals surface area contributed by atoms with Crippen LogP contribution in [0.1, 0.15) is 11.1 Å². The van der Waals surface area contributed by atoms with E-state index in [4.69, 9.17) is 4.74 Å². The molecule has 2 aromatic rings. The van der Waals surface area contributed by atoms with Gasteiger partial charge >= 0.3 is 6.03 Å².